The average Bonchev–Trinajstić information content (AvgIpc) is 3.15. The van der Waals surface area contributed by atoms with E-state index in [-0.39, 0.29) is 11.8 Å². The summed E-state index contributed by atoms with van der Waals surface area (Å²) < 4.78 is 2.38. The van der Waals surface area contributed by atoms with Gasteiger partial charge >= 0.3 is 0 Å². The molecular formula is C27H35N3O. The highest BCUT2D eigenvalue weighted by atomic mass is 16.1. The summed E-state index contributed by atoms with van der Waals surface area (Å²) in [5.74, 6) is 1.70. The standard InChI is InChI=1S/C27H35N3O/c1-21-12-7-8-15-23(21)20-30-25-17-10-9-16-24(25)29-26(30)18-6-3-11-19-28-27(31)22-13-4-2-5-14-22/h7-10,12,15-17,22H,2-6,11,13-14,18-20H2,1H3,(H,28,31). The van der Waals surface area contributed by atoms with Crippen LogP contribution in [0.1, 0.15) is 68.3 Å². The molecule has 1 aliphatic rings. The molecule has 1 aromatic heterocycles. The van der Waals surface area contributed by atoms with Crippen LogP contribution in [0.15, 0.2) is 48.5 Å². The van der Waals surface area contributed by atoms with Crippen LogP contribution in [0.25, 0.3) is 11.0 Å². The SMILES string of the molecule is Cc1ccccc1Cn1c(CCCCCNC(=O)C2CCCCC2)nc2ccccc21. The Kier molecular flexibility index (Phi) is 7.39. The van der Waals surface area contributed by atoms with Gasteiger partial charge < -0.3 is 9.88 Å². The van der Waals surface area contributed by atoms with Crippen LogP contribution in [0.3, 0.4) is 0 Å². The molecule has 1 amide bonds. The first kappa shape index (κ1) is 21.6. The van der Waals surface area contributed by atoms with Gasteiger partial charge in [0.25, 0.3) is 0 Å². The Balaban J connectivity index is 1.31. The number of hydrogen-bond donors (Lipinski definition) is 1. The van der Waals surface area contributed by atoms with Crippen molar-refractivity contribution < 1.29 is 4.79 Å². The fourth-order valence-electron chi connectivity index (χ4n) is 4.76. The van der Waals surface area contributed by atoms with E-state index in [1.165, 1.54) is 35.9 Å². The Hall–Kier alpha value is -2.62. The summed E-state index contributed by atoms with van der Waals surface area (Å²) in [5, 5.41) is 3.16. The number of hydrogen-bond acceptors (Lipinski definition) is 2. The lowest BCUT2D eigenvalue weighted by Gasteiger charge is -2.20. The monoisotopic (exact) mass is 417 g/mol. The Morgan fingerprint density at radius 1 is 1.00 bits per heavy atom. The molecular weight excluding hydrogens is 382 g/mol. The van der Waals surface area contributed by atoms with Crippen molar-refractivity contribution in [3.05, 3.63) is 65.5 Å². The lowest BCUT2D eigenvalue weighted by Crippen LogP contribution is -2.32. The predicted molar refractivity (Wildman–Crippen MR) is 127 cm³/mol. The molecule has 0 unspecified atom stereocenters. The highest BCUT2D eigenvalue weighted by Crippen LogP contribution is 2.24. The van der Waals surface area contributed by atoms with Crippen molar-refractivity contribution in [3.8, 4) is 0 Å². The molecule has 1 heterocycles. The minimum atomic E-state index is 0.259. The number of nitrogens with zero attached hydrogens (tertiary/aromatic N) is 2. The van der Waals surface area contributed by atoms with E-state index in [0.717, 1.165) is 63.0 Å². The second kappa shape index (κ2) is 10.6. The molecule has 4 rings (SSSR count). The third-order valence-electron chi connectivity index (χ3n) is 6.68. The molecule has 1 aliphatic carbocycles. The maximum atomic E-state index is 12.3. The van der Waals surface area contributed by atoms with Crippen molar-refractivity contribution in [1.29, 1.82) is 0 Å². The Morgan fingerprint density at radius 3 is 2.61 bits per heavy atom. The topological polar surface area (TPSA) is 46.9 Å². The number of imidazole rings is 1. The van der Waals surface area contributed by atoms with E-state index in [2.05, 4.69) is 65.3 Å². The average molecular weight is 418 g/mol. The number of aryl methyl sites for hydroxylation is 2. The maximum Gasteiger partial charge on any atom is 0.223 e. The summed E-state index contributed by atoms with van der Waals surface area (Å²) in [4.78, 5) is 17.2. The summed E-state index contributed by atoms with van der Waals surface area (Å²) in [6, 6.07) is 17.0. The highest BCUT2D eigenvalue weighted by Gasteiger charge is 2.20. The maximum absolute atomic E-state index is 12.3. The van der Waals surface area contributed by atoms with Crippen LogP contribution in [0.5, 0.6) is 0 Å². The number of nitrogens with one attached hydrogen (secondary N) is 1. The first-order valence-corrected chi connectivity index (χ1v) is 12.0. The molecule has 1 fully saturated rings. The van der Waals surface area contributed by atoms with Crippen molar-refractivity contribution in [3.63, 3.8) is 0 Å². The van der Waals surface area contributed by atoms with Gasteiger partial charge in [0.15, 0.2) is 0 Å². The van der Waals surface area contributed by atoms with Crippen LogP contribution < -0.4 is 5.32 Å². The quantitative estimate of drug-likeness (QED) is 0.447. The summed E-state index contributed by atoms with van der Waals surface area (Å²) >= 11 is 0. The molecule has 164 valence electrons. The van der Waals surface area contributed by atoms with E-state index in [9.17, 15) is 4.79 Å². The third-order valence-corrected chi connectivity index (χ3v) is 6.68. The molecule has 0 aliphatic heterocycles. The number of carbonyl (C=O) groups is 1. The lowest BCUT2D eigenvalue weighted by molar-refractivity contribution is -0.125. The molecule has 0 radical (unpaired) electrons. The van der Waals surface area contributed by atoms with Crippen molar-refractivity contribution in [2.24, 2.45) is 5.92 Å². The molecule has 0 atom stereocenters. The molecule has 4 nitrogen and oxygen atoms in total. The van der Waals surface area contributed by atoms with Crippen LogP contribution in [0.4, 0.5) is 0 Å². The number of unbranched alkanes of at least 4 members (excludes halogenated alkanes) is 2. The minimum Gasteiger partial charge on any atom is -0.356 e. The van der Waals surface area contributed by atoms with E-state index < -0.39 is 0 Å². The first-order chi connectivity index (χ1) is 15.2. The zero-order valence-electron chi connectivity index (χ0n) is 18.8. The largest absolute Gasteiger partial charge is 0.356 e. The van der Waals surface area contributed by atoms with Gasteiger partial charge in [0, 0.05) is 25.4 Å². The number of fused-ring (bicyclic) bond motifs is 1. The van der Waals surface area contributed by atoms with Crippen LogP contribution >= 0.6 is 0 Å². The molecule has 4 heteroatoms. The van der Waals surface area contributed by atoms with Crippen LogP contribution in [-0.4, -0.2) is 22.0 Å². The van der Waals surface area contributed by atoms with Crippen molar-refractivity contribution in [2.75, 3.05) is 6.54 Å². The van der Waals surface area contributed by atoms with Gasteiger partial charge in [-0.1, -0.05) is 62.1 Å². The van der Waals surface area contributed by atoms with Gasteiger partial charge in [0.2, 0.25) is 5.91 Å². The zero-order valence-corrected chi connectivity index (χ0v) is 18.8. The van der Waals surface area contributed by atoms with Crippen molar-refractivity contribution >= 4 is 16.9 Å². The van der Waals surface area contributed by atoms with Gasteiger partial charge in [-0.3, -0.25) is 4.79 Å². The van der Waals surface area contributed by atoms with Gasteiger partial charge in [0.05, 0.1) is 11.0 Å². The predicted octanol–water partition coefficient (Wildman–Crippen LogP) is 5.80. The minimum absolute atomic E-state index is 0.259. The van der Waals surface area contributed by atoms with E-state index >= 15 is 0 Å². The van der Waals surface area contributed by atoms with Crippen molar-refractivity contribution in [2.45, 2.75) is 71.3 Å². The van der Waals surface area contributed by atoms with Gasteiger partial charge in [-0.05, 0) is 55.9 Å². The number of carbonyl (C=O) groups excluding carboxylic acids is 1. The fourth-order valence-corrected chi connectivity index (χ4v) is 4.76. The van der Waals surface area contributed by atoms with E-state index in [4.69, 9.17) is 4.98 Å². The van der Waals surface area contributed by atoms with E-state index in [1.54, 1.807) is 0 Å². The number of amides is 1. The van der Waals surface area contributed by atoms with Gasteiger partial charge in [-0.15, -0.1) is 0 Å². The number of benzene rings is 2. The van der Waals surface area contributed by atoms with Gasteiger partial charge in [-0.25, -0.2) is 4.98 Å². The van der Waals surface area contributed by atoms with Crippen LogP contribution in [0, 0.1) is 12.8 Å². The summed E-state index contributed by atoms with van der Waals surface area (Å²) in [6.45, 7) is 3.84. The van der Waals surface area contributed by atoms with E-state index in [1.807, 2.05) is 0 Å². The summed E-state index contributed by atoms with van der Waals surface area (Å²) in [5.41, 5.74) is 4.95. The molecule has 1 N–H and O–H groups in total. The lowest BCUT2D eigenvalue weighted by atomic mass is 9.89. The van der Waals surface area contributed by atoms with Crippen LogP contribution in [0.2, 0.25) is 0 Å². The van der Waals surface area contributed by atoms with E-state index in [0.29, 0.717) is 0 Å². The summed E-state index contributed by atoms with van der Waals surface area (Å²) in [7, 11) is 0. The Labute approximate surface area is 186 Å². The fraction of sp³-hybridized carbons (Fsp3) is 0.481. The Morgan fingerprint density at radius 2 is 1.77 bits per heavy atom. The first-order valence-electron chi connectivity index (χ1n) is 12.0. The zero-order chi connectivity index (χ0) is 21.5. The molecule has 0 spiro atoms. The molecule has 0 saturated heterocycles. The second-order valence-electron chi connectivity index (χ2n) is 8.97. The molecule has 3 aromatic rings. The Bertz CT molecular complexity index is 1000. The smallest absolute Gasteiger partial charge is 0.223 e. The highest BCUT2D eigenvalue weighted by molar-refractivity contribution is 5.78. The molecule has 1 saturated carbocycles. The normalized spacial score (nSPS) is 14.7. The number of rotatable bonds is 9. The molecule has 0 bridgehead atoms. The molecule has 2 aromatic carbocycles. The van der Waals surface area contributed by atoms with Gasteiger partial charge in [0.1, 0.15) is 5.82 Å². The summed E-state index contributed by atoms with van der Waals surface area (Å²) in [6.07, 6.45) is 10.1. The molecule has 31 heavy (non-hydrogen) atoms. The number of para-hydroxylation sites is 2. The van der Waals surface area contributed by atoms with Crippen molar-refractivity contribution in [1.82, 2.24) is 14.9 Å². The van der Waals surface area contributed by atoms with Crippen LogP contribution in [-0.2, 0) is 17.8 Å². The second-order valence-corrected chi connectivity index (χ2v) is 8.97. The third kappa shape index (κ3) is 5.55. The van der Waals surface area contributed by atoms with Gasteiger partial charge in [-0.2, -0.15) is 0 Å². The number of aromatic nitrogens is 2.